The van der Waals surface area contributed by atoms with Crippen molar-refractivity contribution in [1.29, 1.82) is 0 Å². The van der Waals surface area contributed by atoms with Crippen molar-refractivity contribution in [2.24, 2.45) is 0 Å². The number of hydrogen-bond donors (Lipinski definition) is 5. The smallest absolute Gasteiger partial charge is 0.353 e. The normalized spacial score (nSPS) is 10.3. The van der Waals surface area contributed by atoms with Gasteiger partial charge in [-0.3, -0.25) is 9.59 Å². The number of Topliss-reactive ketones (excluding diaryl/α,β-unsaturated/α-hetero) is 1. The van der Waals surface area contributed by atoms with Crippen LogP contribution < -0.4 is 16.7 Å². The topological polar surface area (TPSA) is 163 Å². The fourth-order valence-electron chi connectivity index (χ4n) is 1.93. The highest BCUT2D eigenvalue weighted by atomic mass is 16.5. The van der Waals surface area contributed by atoms with E-state index in [-0.39, 0.29) is 17.1 Å². The zero-order valence-electron chi connectivity index (χ0n) is 11.8. The number of rotatable bonds is 3. The van der Waals surface area contributed by atoms with Crippen molar-refractivity contribution in [2.75, 3.05) is 11.1 Å². The lowest BCUT2D eigenvalue weighted by Gasteiger charge is -2.10. The third-order valence-electron chi connectivity index (χ3n) is 2.86. The lowest BCUT2D eigenvalue weighted by atomic mass is 10.1. The highest BCUT2D eigenvalue weighted by Crippen LogP contribution is 2.30. The Kier molecular flexibility index (Phi) is 3.95. The third-order valence-corrected chi connectivity index (χ3v) is 2.86. The summed E-state index contributed by atoms with van der Waals surface area (Å²) in [7, 11) is 0. The van der Waals surface area contributed by atoms with E-state index in [1.165, 1.54) is 12.1 Å². The molecular weight excluding hydrogens is 308 g/mol. The summed E-state index contributed by atoms with van der Waals surface area (Å²) in [6.07, 6.45) is 0. The summed E-state index contributed by atoms with van der Waals surface area (Å²) in [6, 6.07) is 3.70. The number of carbonyl (C=O) groups is 2. The van der Waals surface area contributed by atoms with E-state index in [4.69, 9.17) is 5.73 Å². The minimum Gasteiger partial charge on any atom is -0.508 e. The van der Waals surface area contributed by atoms with Crippen LogP contribution in [0.15, 0.2) is 27.4 Å². The molecule has 0 fully saturated rings. The molecule has 0 spiro atoms. The van der Waals surface area contributed by atoms with Gasteiger partial charge in [0.25, 0.3) is 5.91 Å². The van der Waals surface area contributed by atoms with Gasteiger partial charge in [0.15, 0.2) is 17.1 Å². The molecule has 9 heteroatoms. The predicted molar refractivity (Wildman–Crippen MR) is 78.8 cm³/mol. The molecule has 2 aromatic rings. The van der Waals surface area contributed by atoms with Crippen LogP contribution in [-0.4, -0.2) is 27.0 Å². The molecule has 0 aliphatic carbocycles. The predicted octanol–water partition coefficient (Wildman–Crippen LogP) is 0.794. The van der Waals surface area contributed by atoms with Crippen LogP contribution in [0.3, 0.4) is 0 Å². The standard InChI is InChI=1S/C14H12N2O7/c1-5(17)9-11(19)10(14(22)23-13(9)21)12(20)16-7-2-6(15)3-8(18)4-7/h2-4,18-19,22H,15H2,1H3,(H,16,20). The van der Waals surface area contributed by atoms with Gasteiger partial charge in [-0.25, -0.2) is 4.79 Å². The van der Waals surface area contributed by atoms with Crippen molar-refractivity contribution in [3.8, 4) is 17.4 Å². The zero-order chi connectivity index (χ0) is 17.3. The molecule has 0 bridgehead atoms. The van der Waals surface area contributed by atoms with Crippen molar-refractivity contribution in [3.63, 3.8) is 0 Å². The first-order chi connectivity index (χ1) is 10.7. The van der Waals surface area contributed by atoms with E-state index >= 15 is 0 Å². The van der Waals surface area contributed by atoms with E-state index in [2.05, 4.69) is 9.73 Å². The minimum atomic E-state index is -1.27. The maximum Gasteiger partial charge on any atom is 0.353 e. The number of phenolic OH excluding ortho intramolecular Hbond substituents is 1. The van der Waals surface area contributed by atoms with Crippen LogP contribution in [0.25, 0.3) is 0 Å². The summed E-state index contributed by atoms with van der Waals surface area (Å²) < 4.78 is 4.37. The maximum absolute atomic E-state index is 12.1. The van der Waals surface area contributed by atoms with Gasteiger partial charge in [-0.2, -0.15) is 0 Å². The molecule has 0 unspecified atom stereocenters. The van der Waals surface area contributed by atoms with E-state index in [0.29, 0.717) is 0 Å². The van der Waals surface area contributed by atoms with Crippen LogP contribution in [0.4, 0.5) is 11.4 Å². The van der Waals surface area contributed by atoms with Crippen molar-refractivity contribution in [1.82, 2.24) is 0 Å². The first kappa shape index (κ1) is 15.9. The number of aromatic hydroxyl groups is 3. The van der Waals surface area contributed by atoms with Crippen molar-refractivity contribution < 1.29 is 29.3 Å². The molecule has 0 aliphatic heterocycles. The highest BCUT2D eigenvalue weighted by molar-refractivity contribution is 6.10. The van der Waals surface area contributed by atoms with Gasteiger partial charge < -0.3 is 30.8 Å². The van der Waals surface area contributed by atoms with Crippen molar-refractivity contribution >= 4 is 23.1 Å². The Morgan fingerprint density at radius 2 is 1.78 bits per heavy atom. The molecule has 1 heterocycles. The number of amides is 1. The van der Waals surface area contributed by atoms with Gasteiger partial charge in [-0.05, 0) is 13.0 Å². The number of nitrogens with two attached hydrogens (primary N) is 1. The van der Waals surface area contributed by atoms with E-state index in [1.807, 2.05) is 0 Å². The molecule has 1 amide bonds. The zero-order valence-corrected chi connectivity index (χ0v) is 11.8. The Labute approximate surface area is 128 Å². The average Bonchev–Trinajstić information content (AvgIpc) is 2.35. The molecule has 2 rings (SSSR count). The van der Waals surface area contributed by atoms with Crippen LogP contribution in [-0.2, 0) is 0 Å². The quantitative estimate of drug-likeness (QED) is 0.409. The second kappa shape index (κ2) is 5.72. The third kappa shape index (κ3) is 3.07. The van der Waals surface area contributed by atoms with Gasteiger partial charge in [0.1, 0.15) is 11.3 Å². The molecular formula is C14H12N2O7. The summed E-state index contributed by atoms with van der Waals surface area (Å²) in [5.74, 6) is -4.29. The maximum atomic E-state index is 12.1. The Bertz CT molecular complexity index is 850. The second-order valence-electron chi connectivity index (χ2n) is 4.62. The monoisotopic (exact) mass is 320 g/mol. The summed E-state index contributed by atoms with van der Waals surface area (Å²) in [5.41, 5.74) is 2.88. The molecule has 0 atom stereocenters. The lowest BCUT2D eigenvalue weighted by molar-refractivity contribution is 0.100. The molecule has 0 saturated carbocycles. The Morgan fingerprint density at radius 1 is 1.13 bits per heavy atom. The minimum absolute atomic E-state index is 0.0573. The summed E-state index contributed by atoms with van der Waals surface area (Å²) >= 11 is 0. The largest absolute Gasteiger partial charge is 0.508 e. The summed E-state index contributed by atoms with van der Waals surface area (Å²) in [6.45, 7) is 0.987. The van der Waals surface area contributed by atoms with Crippen LogP contribution in [0.1, 0.15) is 27.6 Å². The Hall–Kier alpha value is -3.49. The van der Waals surface area contributed by atoms with Gasteiger partial charge in [0.2, 0.25) is 0 Å². The van der Waals surface area contributed by atoms with Crippen LogP contribution in [0.5, 0.6) is 17.4 Å². The van der Waals surface area contributed by atoms with Crippen LogP contribution >= 0.6 is 0 Å². The second-order valence-corrected chi connectivity index (χ2v) is 4.62. The fourth-order valence-corrected chi connectivity index (χ4v) is 1.93. The number of nitrogens with one attached hydrogen (secondary N) is 1. The number of carbonyl (C=O) groups excluding carboxylic acids is 2. The molecule has 120 valence electrons. The van der Waals surface area contributed by atoms with E-state index < -0.39 is 40.1 Å². The van der Waals surface area contributed by atoms with Crippen molar-refractivity contribution in [2.45, 2.75) is 6.92 Å². The lowest BCUT2D eigenvalue weighted by Crippen LogP contribution is -2.18. The number of benzene rings is 1. The average molecular weight is 320 g/mol. The van der Waals surface area contributed by atoms with Gasteiger partial charge in [0.05, 0.1) is 0 Å². The summed E-state index contributed by atoms with van der Waals surface area (Å²) in [5, 5.41) is 31.1. The fraction of sp³-hybridized carbons (Fsp3) is 0.0714. The van der Waals surface area contributed by atoms with Gasteiger partial charge >= 0.3 is 11.6 Å². The van der Waals surface area contributed by atoms with E-state index in [9.17, 15) is 29.7 Å². The number of nitrogen functional groups attached to an aromatic ring is 1. The Balaban J connectivity index is 2.49. The summed E-state index contributed by atoms with van der Waals surface area (Å²) in [4.78, 5) is 34.9. The molecule has 6 N–H and O–H groups in total. The van der Waals surface area contributed by atoms with E-state index in [0.717, 1.165) is 13.0 Å². The molecule has 0 saturated heterocycles. The molecule has 1 aromatic carbocycles. The van der Waals surface area contributed by atoms with Gasteiger partial charge in [-0.1, -0.05) is 0 Å². The van der Waals surface area contributed by atoms with Gasteiger partial charge in [-0.15, -0.1) is 0 Å². The number of hydrogen-bond acceptors (Lipinski definition) is 8. The molecule has 1 aromatic heterocycles. The first-order valence-electron chi connectivity index (χ1n) is 6.21. The Morgan fingerprint density at radius 3 is 2.35 bits per heavy atom. The SMILES string of the molecule is CC(=O)c1c(O)c(C(=O)Nc2cc(N)cc(O)c2)c(O)oc1=O. The van der Waals surface area contributed by atoms with Crippen LogP contribution in [0, 0.1) is 0 Å². The van der Waals surface area contributed by atoms with E-state index in [1.54, 1.807) is 0 Å². The molecule has 0 radical (unpaired) electrons. The number of phenols is 1. The molecule has 9 nitrogen and oxygen atoms in total. The van der Waals surface area contributed by atoms with Crippen molar-refractivity contribution in [3.05, 3.63) is 39.7 Å². The van der Waals surface area contributed by atoms with Crippen LogP contribution in [0.2, 0.25) is 0 Å². The highest BCUT2D eigenvalue weighted by Gasteiger charge is 2.27. The number of ketones is 1. The number of anilines is 2. The molecule has 0 aliphatic rings. The van der Waals surface area contributed by atoms with Gasteiger partial charge in [0, 0.05) is 23.5 Å². The molecule has 23 heavy (non-hydrogen) atoms. The first-order valence-corrected chi connectivity index (χ1v) is 6.21.